The average Bonchev–Trinajstić information content (AvgIpc) is 2.46. The van der Waals surface area contributed by atoms with E-state index in [-0.39, 0.29) is 18.1 Å². The summed E-state index contributed by atoms with van der Waals surface area (Å²) < 4.78 is 18.8. The van der Waals surface area contributed by atoms with Crippen LogP contribution in [0.3, 0.4) is 0 Å². The Hall–Kier alpha value is -1.78. The van der Waals surface area contributed by atoms with Gasteiger partial charge in [0.25, 0.3) is 0 Å². The number of nitrogens with one attached hydrogen (secondary N) is 1. The third-order valence-corrected chi connectivity index (χ3v) is 3.62. The van der Waals surface area contributed by atoms with Crippen molar-refractivity contribution in [3.8, 4) is 5.75 Å². The lowest BCUT2D eigenvalue weighted by Gasteiger charge is -2.10. The molecule has 0 aliphatic carbocycles. The standard InChI is InChI=1S/C16H14Cl2FNO2/c1-2-22-15-7-6-10(8-14(15)19)20-16(21)9-11-12(17)4-3-5-13(11)18/h3-8H,2,9H2,1H3,(H,20,21). The maximum absolute atomic E-state index is 13.7. The molecule has 6 heteroatoms. The predicted molar refractivity (Wildman–Crippen MR) is 86.4 cm³/mol. The topological polar surface area (TPSA) is 38.3 Å². The second-order valence-electron chi connectivity index (χ2n) is 4.50. The van der Waals surface area contributed by atoms with E-state index < -0.39 is 5.82 Å². The molecule has 116 valence electrons. The first kappa shape index (κ1) is 16.6. The van der Waals surface area contributed by atoms with E-state index >= 15 is 0 Å². The summed E-state index contributed by atoms with van der Waals surface area (Å²) in [6, 6.07) is 9.27. The molecule has 0 heterocycles. The quantitative estimate of drug-likeness (QED) is 0.854. The summed E-state index contributed by atoms with van der Waals surface area (Å²) in [7, 11) is 0. The second-order valence-corrected chi connectivity index (χ2v) is 5.32. The van der Waals surface area contributed by atoms with Crippen LogP contribution in [0.2, 0.25) is 10.0 Å². The fourth-order valence-electron chi connectivity index (χ4n) is 1.92. The summed E-state index contributed by atoms with van der Waals surface area (Å²) in [6.07, 6.45) is 0.00728. The molecule has 0 spiro atoms. The molecule has 1 N–H and O–H groups in total. The molecular formula is C16H14Cl2FNO2. The minimum absolute atomic E-state index is 0.00728. The maximum atomic E-state index is 13.7. The van der Waals surface area contributed by atoms with Crippen LogP contribution in [0, 0.1) is 5.82 Å². The van der Waals surface area contributed by atoms with E-state index in [0.717, 1.165) is 0 Å². The molecule has 0 fully saturated rings. The van der Waals surface area contributed by atoms with Crippen molar-refractivity contribution in [2.24, 2.45) is 0 Å². The van der Waals surface area contributed by atoms with Gasteiger partial charge in [0.15, 0.2) is 11.6 Å². The molecule has 3 nitrogen and oxygen atoms in total. The zero-order valence-electron chi connectivity index (χ0n) is 11.8. The van der Waals surface area contributed by atoms with Crippen molar-refractivity contribution in [3.63, 3.8) is 0 Å². The van der Waals surface area contributed by atoms with Crippen LogP contribution in [0.5, 0.6) is 5.75 Å². The molecule has 0 aromatic heterocycles. The number of anilines is 1. The molecular weight excluding hydrogens is 328 g/mol. The van der Waals surface area contributed by atoms with Crippen LogP contribution in [-0.4, -0.2) is 12.5 Å². The van der Waals surface area contributed by atoms with Crippen molar-refractivity contribution in [1.82, 2.24) is 0 Å². The first-order valence-electron chi connectivity index (χ1n) is 6.66. The molecule has 0 aliphatic rings. The molecule has 0 atom stereocenters. The molecule has 1 amide bonds. The Morgan fingerprint density at radius 1 is 1.23 bits per heavy atom. The van der Waals surface area contributed by atoms with Gasteiger partial charge < -0.3 is 10.1 Å². The second kappa shape index (κ2) is 7.47. The molecule has 0 radical (unpaired) electrons. The van der Waals surface area contributed by atoms with Gasteiger partial charge in [-0.25, -0.2) is 4.39 Å². The van der Waals surface area contributed by atoms with Crippen molar-refractivity contribution in [2.75, 3.05) is 11.9 Å². The zero-order chi connectivity index (χ0) is 16.1. The summed E-state index contributed by atoms with van der Waals surface area (Å²) >= 11 is 12.0. The highest BCUT2D eigenvalue weighted by molar-refractivity contribution is 6.36. The van der Waals surface area contributed by atoms with Crippen LogP contribution in [0.25, 0.3) is 0 Å². The van der Waals surface area contributed by atoms with E-state index in [2.05, 4.69) is 5.32 Å². The van der Waals surface area contributed by atoms with Crippen LogP contribution >= 0.6 is 23.2 Å². The number of ether oxygens (including phenoxy) is 1. The minimum atomic E-state index is -0.532. The van der Waals surface area contributed by atoms with Gasteiger partial charge in [-0.3, -0.25) is 4.79 Å². The van der Waals surface area contributed by atoms with Gasteiger partial charge in [-0.1, -0.05) is 29.3 Å². The fourth-order valence-corrected chi connectivity index (χ4v) is 2.45. The highest BCUT2D eigenvalue weighted by Gasteiger charge is 2.12. The molecule has 2 rings (SSSR count). The number of benzene rings is 2. The van der Waals surface area contributed by atoms with Crippen molar-refractivity contribution < 1.29 is 13.9 Å². The zero-order valence-corrected chi connectivity index (χ0v) is 13.3. The Kier molecular flexibility index (Phi) is 5.63. The van der Waals surface area contributed by atoms with Crippen molar-refractivity contribution >= 4 is 34.8 Å². The number of rotatable bonds is 5. The highest BCUT2D eigenvalue weighted by atomic mass is 35.5. The maximum Gasteiger partial charge on any atom is 0.228 e. The summed E-state index contributed by atoms with van der Waals surface area (Å²) in [6.45, 7) is 2.14. The Labute approximate surface area is 138 Å². The summed E-state index contributed by atoms with van der Waals surface area (Å²) in [5.74, 6) is -0.719. The van der Waals surface area contributed by atoms with Crippen LogP contribution in [0.15, 0.2) is 36.4 Å². The lowest BCUT2D eigenvalue weighted by atomic mass is 10.1. The Bertz CT molecular complexity index is 672. The molecule has 0 unspecified atom stereocenters. The number of hydrogen-bond acceptors (Lipinski definition) is 2. The normalized spacial score (nSPS) is 10.4. The SMILES string of the molecule is CCOc1ccc(NC(=O)Cc2c(Cl)cccc2Cl)cc1F. The third kappa shape index (κ3) is 4.12. The fraction of sp³-hybridized carbons (Fsp3) is 0.188. The smallest absolute Gasteiger partial charge is 0.228 e. The monoisotopic (exact) mass is 341 g/mol. The predicted octanol–water partition coefficient (Wildman–Crippen LogP) is 4.71. The molecule has 2 aromatic rings. The van der Waals surface area contributed by atoms with Gasteiger partial charge in [-0.15, -0.1) is 0 Å². The lowest BCUT2D eigenvalue weighted by molar-refractivity contribution is -0.115. The van der Waals surface area contributed by atoms with Gasteiger partial charge in [0.2, 0.25) is 5.91 Å². The third-order valence-electron chi connectivity index (χ3n) is 2.91. The highest BCUT2D eigenvalue weighted by Crippen LogP contribution is 2.25. The van der Waals surface area contributed by atoms with Gasteiger partial charge in [0.1, 0.15) is 0 Å². The minimum Gasteiger partial charge on any atom is -0.491 e. The van der Waals surface area contributed by atoms with Gasteiger partial charge in [0.05, 0.1) is 13.0 Å². The molecule has 2 aromatic carbocycles. The van der Waals surface area contributed by atoms with E-state index in [4.69, 9.17) is 27.9 Å². The van der Waals surface area contributed by atoms with Gasteiger partial charge >= 0.3 is 0 Å². The van der Waals surface area contributed by atoms with Crippen LogP contribution in [-0.2, 0) is 11.2 Å². The van der Waals surface area contributed by atoms with Crippen molar-refractivity contribution in [1.29, 1.82) is 0 Å². The average molecular weight is 342 g/mol. The number of halogens is 3. The molecule has 0 bridgehead atoms. The number of hydrogen-bond donors (Lipinski definition) is 1. The molecule has 22 heavy (non-hydrogen) atoms. The summed E-state index contributed by atoms with van der Waals surface area (Å²) in [5, 5.41) is 3.44. The Balaban J connectivity index is 2.08. The van der Waals surface area contributed by atoms with Crippen molar-refractivity contribution in [2.45, 2.75) is 13.3 Å². The summed E-state index contributed by atoms with van der Waals surface area (Å²) in [5.41, 5.74) is 0.879. The van der Waals surface area contributed by atoms with E-state index in [1.807, 2.05) is 0 Å². The van der Waals surface area contributed by atoms with E-state index in [0.29, 0.717) is 27.9 Å². The number of amides is 1. The Morgan fingerprint density at radius 2 is 1.91 bits per heavy atom. The van der Waals surface area contributed by atoms with Crippen LogP contribution < -0.4 is 10.1 Å². The van der Waals surface area contributed by atoms with Crippen LogP contribution in [0.1, 0.15) is 12.5 Å². The number of carbonyl (C=O) groups excluding carboxylic acids is 1. The molecule has 0 saturated heterocycles. The molecule has 0 aliphatic heterocycles. The first-order valence-corrected chi connectivity index (χ1v) is 7.42. The Morgan fingerprint density at radius 3 is 2.50 bits per heavy atom. The van der Waals surface area contributed by atoms with Crippen LogP contribution in [0.4, 0.5) is 10.1 Å². The van der Waals surface area contributed by atoms with E-state index in [1.165, 1.54) is 12.1 Å². The van der Waals surface area contributed by atoms with E-state index in [9.17, 15) is 9.18 Å². The first-order chi connectivity index (χ1) is 10.5. The summed E-state index contributed by atoms with van der Waals surface area (Å²) in [4.78, 5) is 12.0. The van der Waals surface area contributed by atoms with Gasteiger partial charge in [0, 0.05) is 21.8 Å². The molecule has 0 saturated carbocycles. The largest absolute Gasteiger partial charge is 0.491 e. The van der Waals surface area contributed by atoms with Crippen molar-refractivity contribution in [3.05, 3.63) is 57.8 Å². The van der Waals surface area contributed by atoms with Gasteiger partial charge in [-0.2, -0.15) is 0 Å². The number of carbonyl (C=O) groups is 1. The van der Waals surface area contributed by atoms with E-state index in [1.54, 1.807) is 31.2 Å². The lowest BCUT2D eigenvalue weighted by Crippen LogP contribution is -2.15. The van der Waals surface area contributed by atoms with Gasteiger partial charge in [-0.05, 0) is 36.8 Å².